The molecule has 0 amide bonds. The molecule has 0 N–H and O–H groups in total. The molecule has 0 spiro atoms. The highest BCUT2D eigenvalue weighted by molar-refractivity contribution is 5.21. The molecule has 1 aromatic heterocycles. The van der Waals surface area contributed by atoms with Gasteiger partial charge in [-0.2, -0.15) is 0 Å². The normalized spacial score (nSPS) is 17.0. The van der Waals surface area contributed by atoms with Crippen molar-refractivity contribution in [1.29, 1.82) is 0 Å². The summed E-state index contributed by atoms with van der Waals surface area (Å²) in [5, 5.41) is 8.13. The van der Waals surface area contributed by atoms with Gasteiger partial charge in [-0.1, -0.05) is 12.0 Å². The van der Waals surface area contributed by atoms with Crippen LogP contribution in [-0.2, 0) is 11.2 Å². The molecule has 1 aromatic rings. The Bertz CT molecular complexity index is 348. The van der Waals surface area contributed by atoms with Gasteiger partial charge in [-0.3, -0.25) is 0 Å². The van der Waals surface area contributed by atoms with Crippen molar-refractivity contribution in [3.8, 4) is 0 Å². The van der Waals surface area contributed by atoms with Gasteiger partial charge >= 0.3 is 6.01 Å². The first-order valence-corrected chi connectivity index (χ1v) is 6.91. The molecule has 0 aliphatic carbocycles. The van der Waals surface area contributed by atoms with E-state index >= 15 is 0 Å². The van der Waals surface area contributed by atoms with Crippen molar-refractivity contribution in [1.82, 2.24) is 10.2 Å². The Morgan fingerprint density at radius 3 is 2.78 bits per heavy atom. The van der Waals surface area contributed by atoms with Crippen LogP contribution in [0.25, 0.3) is 0 Å². The van der Waals surface area contributed by atoms with Gasteiger partial charge in [0.1, 0.15) is 0 Å². The quantitative estimate of drug-likeness (QED) is 0.778. The second-order valence-corrected chi connectivity index (χ2v) is 4.99. The number of hydrogen-bond donors (Lipinski definition) is 0. The lowest BCUT2D eigenvalue weighted by atomic mass is 9.96. The van der Waals surface area contributed by atoms with Crippen molar-refractivity contribution < 1.29 is 9.15 Å². The molecule has 1 aliphatic heterocycles. The number of anilines is 1. The molecule has 0 radical (unpaired) electrons. The molecule has 102 valence electrons. The molecule has 0 saturated carbocycles. The summed E-state index contributed by atoms with van der Waals surface area (Å²) in [6.07, 6.45) is 5.43. The smallest absolute Gasteiger partial charge is 0.317 e. The molecule has 18 heavy (non-hydrogen) atoms. The number of aromatic nitrogens is 2. The summed E-state index contributed by atoms with van der Waals surface area (Å²) in [5.74, 6) is 1.52. The van der Waals surface area contributed by atoms with E-state index in [1.54, 1.807) is 0 Å². The topological polar surface area (TPSA) is 51.4 Å². The first-order chi connectivity index (χ1) is 8.79. The van der Waals surface area contributed by atoms with Crippen molar-refractivity contribution in [2.45, 2.75) is 39.0 Å². The minimum Gasteiger partial charge on any atom is -0.408 e. The van der Waals surface area contributed by atoms with Gasteiger partial charge in [0.2, 0.25) is 5.89 Å². The van der Waals surface area contributed by atoms with Crippen LogP contribution in [0.3, 0.4) is 0 Å². The molecule has 0 aromatic carbocycles. The SMILES string of the molecule is CCCc1nnc(N(C)CCC2CCOCC2)o1. The van der Waals surface area contributed by atoms with Crippen LogP contribution in [-0.4, -0.2) is 37.0 Å². The van der Waals surface area contributed by atoms with E-state index in [0.29, 0.717) is 6.01 Å². The highest BCUT2D eigenvalue weighted by atomic mass is 16.5. The lowest BCUT2D eigenvalue weighted by Gasteiger charge is -2.23. The third kappa shape index (κ3) is 3.70. The number of hydrogen-bond acceptors (Lipinski definition) is 5. The molecule has 5 nitrogen and oxygen atoms in total. The molecular weight excluding hydrogens is 230 g/mol. The molecule has 2 rings (SSSR count). The summed E-state index contributed by atoms with van der Waals surface area (Å²) in [4.78, 5) is 2.06. The van der Waals surface area contributed by atoms with Crippen molar-refractivity contribution in [2.75, 3.05) is 31.7 Å². The van der Waals surface area contributed by atoms with Crippen molar-refractivity contribution in [2.24, 2.45) is 5.92 Å². The molecule has 5 heteroatoms. The van der Waals surface area contributed by atoms with Crippen molar-refractivity contribution in [3.05, 3.63) is 5.89 Å². The fraction of sp³-hybridized carbons (Fsp3) is 0.846. The van der Waals surface area contributed by atoms with Crippen LogP contribution in [0.15, 0.2) is 4.42 Å². The van der Waals surface area contributed by atoms with Crippen LogP contribution in [0.4, 0.5) is 6.01 Å². The van der Waals surface area contributed by atoms with Gasteiger partial charge in [0.25, 0.3) is 0 Å². The Balaban J connectivity index is 1.77. The molecule has 2 heterocycles. The Morgan fingerprint density at radius 1 is 1.28 bits per heavy atom. The fourth-order valence-corrected chi connectivity index (χ4v) is 2.22. The summed E-state index contributed by atoms with van der Waals surface area (Å²) in [7, 11) is 2.02. The summed E-state index contributed by atoms with van der Waals surface area (Å²) >= 11 is 0. The molecule has 0 unspecified atom stereocenters. The average Bonchev–Trinajstić information content (AvgIpc) is 2.86. The van der Waals surface area contributed by atoms with Gasteiger partial charge in [0.15, 0.2) is 0 Å². The first-order valence-electron chi connectivity index (χ1n) is 6.91. The monoisotopic (exact) mass is 253 g/mol. The maximum atomic E-state index is 5.60. The third-order valence-electron chi connectivity index (χ3n) is 3.46. The van der Waals surface area contributed by atoms with E-state index in [-0.39, 0.29) is 0 Å². The number of ether oxygens (including phenoxy) is 1. The number of aryl methyl sites for hydroxylation is 1. The number of nitrogens with zero attached hydrogens (tertiary/aromatic N) is 3. The van der Waals surface area contributed by atoms with E-state index in [1.165, 1.54) is 19.3 Å². The lowest BCUT2D eigenvalue weighted by Crippen LogP contribution is -2.24. The Hall–Kier alpha value is -1.10. The van der Waals surface area contributed by atoms with Crippen LogP contribution >= 0.6 is 0 Å². The predicted octanol–water partition coefficient (Wildman–Crippen LogP) is 2.28. The van der Waals surface area contributed by atoms with Gasteiger partial charge in [-0.05, 0) is 31.6 Å². The standard InChI is InChI=1S/C13H23N3O2/c1-3-4-12-14-15-13(18-12)16(2)8-5-11-6-9-17-10-7-11/h11H,3-10H2,1-2H3. The largest absolute Gasteiger partial charge is 0.408 e. The molecule has 0 atom stereocenters. The fourth-order valence-electron chi connectivity index (χ4n) is 2.22. The van der Waals surface area contributed by atoms with E-state index in [9.17, 15) is 0 Å². The van der Waals surface area contributed by atoms with E-state index in [1.807, 2.05) is 7.05 Å². The zero-order chi connectivity index (χ0) is 12.8. The van der Waals surface area contributed by atoms with Crippen LogP contribution in [0.5, 0.6) is 0 Å². The zero-order valence-corrected chi connectivity index (χ0v) is 11.4. The van der Waals surface area contributed by atoms with E-state index in [0.717, 1.165) is 44.4 Å². The van der Waals surface area contributed by atoms with Crippen molar-refractivity contribution >= 4 is 6.01 Å². The Morgan fingerprint density at radius 2 is 2.06 bits per heavy atom. The predicted molar refractivity (Wildman–Crippen MR) is 69.7 cm³/mol. The zero-order valence-electron chi connectivity index (χ0n) is 11.4. The maximum absolute atomic E-state index is 5.60. The lowest BCUT2D eigenvalue weighted by molar-refractivity contribution is 0.0645. The summed E-state index contributed by atoms with van der Waals surface area (Å²) in [6, 6.07) is 0.644. The summed E-state index contributed by atoms with van der Waals surface area (Å²) in [5.41, 5.74) is 0. The molecule has 1 aliphatic rings. The Kier molecular flexibility index (Phi) is 4.99. The van der Waals surface area contributed by atoms with Gasteiger partial charge in [0, 0.05) is 33.2 Å². The Labute approximate surface area is 109 Å². The number of rotatable bonds is 6. The first kappa shape index (κ1) is 13.3. The highest BCUT2D eigenvalue weighted by Crippen LogP contribution is 2.20. The average molecular weight is 253 g/mol. The molecule has 1 saturated heterocycles. The van der Waals surface area contributed by atoms with Gasteiger partial charge in [-0.15, -0.1) is 5.10 Å². The van der Waals surface area contributed by atoms with E-state index < -0.39 is 0 Å². The molecular formula is C13H23N3O2. The van der Waals surface area contributed by atoms with Crippen LogP contribution in [0, 0.1) is 5.92 Å². The highest BCUT2D eigenvalue weighted by Gasteiger charge is 2.16. The summed E-state index contributed by atoms with van der Waals surface area (Å²) < 4.78 is 11.0. The summed E-state index contributed by atoms with van der Waals surface area (Å²) in [6.45, 7) is 4.91. The molecule has 1 fully saturated rings. The minimum atomic E-state index is 0.644. The van der Waals surface area contributed by atoms with Gasteiger partial charge < -0.3 is 14.1 Å². The molecule has 0 bridgehead atoms. The van der Waals surface area contributed by atoms with Gasteiger partial charge in [0.05, 0.1) is 0 Å². The second-order valence-electron chi connectivity index (χ2n) is 4.99. The van der Waals surface area contributed by atoms with Gasteiger partial charge in [-0.25, -0.2) is 0 Å². The van der Waals surface area contributed by atoms with Crippen molar-refractivity contribution in [3.63, 3.8) is 0 Å². The third-order valence-corrected chi connectivity index (χ3v) is 3.46. The maximum Gasteiger partial charge on any atom is 0.317 e. The van der Waals surface area contributed by atoms with E-state index in [4.69, 9.17) is 9.15 Å². The second kappa shape index (κ2) is 6.73. The van der Waals surface area contributed by atoms with Crippen LogP contribution in [0.2, 0.25) is 0 Å². The minimum absolute atomic E-state index is 0.644. The van der Waals surface area contributed by atoms with Crippen LogP contribution < -0.4 is 4.90 Å². The van der Waals surface area contributed by atoms with Crippen LogP contribution in [0.1, 0.15) is 38.5 Å². The van der Waals surface area contributed by atoms with E-state index in [2.05, 4.69) is 22.0 Å².